The zero-order valence-electron chi connectivity index (χ0n) is 12.6. The van der Waals surface area contributed by atoms with Crippen molar-refractivity contribution in [2.45, 2.75) is 51.0 Å². The maximum Gasteiger partial charge on any atom is 0.164 e. The van der Waals surface area contributed by atoms with E-state index in [0.717, 1.165) is 28.5 Å². The summed E-state index contributed by atoms with van der Waals surface area (Å²) in [5.41, 5.74) is 0.835. The quantitative estimate of drug-likeness (QED) is 0.735. The molecule has 0 spiro atoms. The number of ketones is 1. The number of fused-ring (bicyclic) bond motifs is 1. The first kappa shape index (κ1) is 15.2. The van der Waals surface area contributed by atoms with Gasteiger partial charge in [0.1, 0.15) is 0 Å². The van der Waals surface area contributed by atoms with E-state index < -0.39 is 0 Å². The van der Waals surface area contributed by atoms with Crippen molar-refractivity contribution in [1.29, 1.82) is 0 Å². The highest BCUT2D eigenvalue weighted by atomic mass is 79.9. The fourth-order valence-corrected chi connectivity index (χ4v) is 4.46. The van der Waals surface area contributed by atoms with Crippen LogP contribution in [0.15, 0.2) is 28.7 Å². The molecule has 1 aliphatic carbocycles. The Morgan fingerprint density at radius 2 is 2.00 bits per heavy atom. The topological polar surface area (TPSA) is 20.3 Å². The van der Waals surface area contributed by atoms with Gasteiger partial charge in [-0.25, -0.2) is 0 Å². The van der Waals surface area contributed by atoms with Gasteiger partial charge in [0.15, 0.2) is 5.78 Å². The Morgan fingerprint density at radius 3 is 2.86 bits per heavy atom. The number of carbonyl (C=O) groups is 1. The molecule has 3 rings (SSSR count). The number of benzene rings is 1. The van der Waals surface area contributed by atoms with E-state index in [1.54, 1.807) is 0 Å². The van der Waals surface area contributed by atoms with Gasteiger partial charge in [0.25, 0.3) is 0 Å². The lowest BCUT2D eigenvalue weighted by atomic mass is 9.78. The molecule has 0 amide bonds. The van der Waals surface area contributed by atoms with E-state index >= 15 is 0 Å². The number of hydrogen-bond donors (Lipinski definition) is 0. The lowest BCUT2D eigenvalue weighted by Crippen LogP contribution is -2.47. The molecule has 2 fully saturated rings. The molecule has 114 valence electrons. The van der Waals surface area contributed by atoms with Crippen LogP contribution in [-0.4, -0.2) is 29.8 Å². The lowest BCUT2D eigenvalue weighted by molar-refractivity contribution is 0.0575. The van der Waals surface area contributed by atoms with Crippen LogP contribution in [0.5, 0.6) is 0 Å². The molecular weight excluding hydrogens is 326 g/mol. The smallest absolute Gasteiger partial charge is 0.164 e. The average Bonchev–Trinajstić information content (AvgIpc) is 2.52. The summed E-state index contributed by atoms with van der Waals surface area (Å²) in [7, 11) is 0. The predicted octanol–water partition coefficient (Wildman–Crippen LogP) is 4.68. The lowest BCUT2D eigenvalue weighted by Gasteiger charge is -2.44. The molecule has 2 aliphatic rings. The summed E-state index contributed by atoms with van der Waals surface area (Å²) in [4.78, 5) is 15.0. The molecule has 0 aromatic heterocycles. The van der Waals surface area contributed by atoms with Gasteiger partial charge in [-0.3, -0.25) is 9.69 Å². The first-order valence-electron chi connectivity index (χ1n) is 8.27. The van der Waals surface area contributed by atoms with E-state index in [-0.39, 0.29) is 5.78 Å². The van der Waals surface area contributed by atoms with Crippen LogP contribution < -0.4 is 0 Å². The molecule has 2 atom stereocenters. The van der Waals surface area contributed by atoms with Gasteiger partial charge in [-0.2, -0.15) is 0 Å². The summed E-state index contributed by atoms with van der Waals surface area (Å²) in [6, 6.07) is 8.51. The molecule has 2 unspecified atom stereocenters. The second-order valence-electron chi connectivity index (χ2n) is 6.47. The van der Waals surface area contributed by atoms with Crippen LogP contribution >= 0.6 is 15.9 Å². The van der Waals surface area contributed by atoms with Gasteiger partial charge in [0.05, 0.1) is 0 Å². The summed E-state index contributed by atoms with van der Waals surface area (Å²) in [6.45, 7) is 2.12. The summed E-state index contributed by atoms with van der Waals surface area (Å²) in [5.74, 6) is 1.17. The molecule has 1 aliphatic heterocycles. The van der Waals surface area contributed by atoms with Crippen LogP contribution in [0.4, 0.5) is 0 Å². The van der Waals surface area contributed by atoms with Gasteiger partial charge in [-0.05, 0) is 50.3 Å². The van der Waals surface area contributed by atoms with E-state index in [9.17, 15) is 4.79 Å². The Hall–Kier alpha value is -0.670. The van der Waals surface area contributed by atoms with Crippen molar-refractivity contribution < 1.29 is 4.79 Å². The molecular formula is C18H24BrNO. The number of carbonyl (C=O) groups excluding carboxylic acids is 1. The first-order valence-corrected chi connectivity index (χ1v) is 9.06. The van der Waals surface area contributed by atoms with Crippen molar-refractivity contribution in [3.05, 3.63) is 34.3 Å². The summed E-state index contributed by atoms with van der Waals surface area (Å²) < 4.78 is 0.985. The maximum atomic E-state index is 12.4. The molecule has 0 bridgehead atoms. The Labute approximate surface area is 136 Å². The van der Waals surface area contributed by atoms with Crippen LogP contribution in [-0.2, 0) is 0 Å². The third kappa shape index (κ3) is 3.75. The highest BCUT2D eigenvalue weighted by molar-refractivity contribution is 9.10. The second-order valence-corrected chi connectivity index (χ2v) is 7.39. The number of piperidine rings is 1. The Morgan fingerprint density at radius 1 is 1.19 bits per heavy atom. The Balaban J connectivity index is 1.57. The van der Waals surface area contributed by atoms with Crippen molar-refractivity contribution in [1.82, 2.24) is 4.90 Å². The standard InChI is InChI=1S/C18H24BrNO/c19-16-8-3-6-15(13-16)18(21)10-12-20-11-4-7-14-5-1-2-9-17(14)20/h3,6,8,13-14,17H,1-2,4-5,7,9-12H2. The van der Waals surface area contributed by atoms with Crippen molar-refractivity contribution in [2.24, 2.45) is 5.92 Å². The van der Waals surface area contributed by atoms with Crippen molar-refractivity contribution in [3.63, 3.8) is 0 Å². The van der Waals surface area contributed by atoms with Gasteiger partial charge in [0, 0.05) is 29.0 Å². The normalized spacial score (nSPS) is 26.3. The maximum absolute atomic E-state index is 12.4. The minimum absolute atomic E-state index is 0.272. The minimum Gasteiger partial charge on any atom is -0.300 e. The van der Waals surface area contributed by atoms with E-state index in [1.165, 1.54) is 45.1 Å². The van der Waals surface area contributed by atoms with Crippen LogP contribution in [0.25, 0.3) is 0 Å². The first-order chi connectivity index (χ1) is 10.2. The molecule has 1 aromatic rings. The molecule has 2 nitrogen and oxygen atoms in total. The zero-order chi connectivity index (χ0) is 14.7. The van der Waals surface area contributed by atoms with E-state index in [4.69, 9.17) is 0 Å². The molecule has 1 heterocycles. The molecule has 1 saturated carbocycles. The predicted molar refractivity (Wildman–Crippen MR) is 89.6 cm³/mol. The van der Waals surface area contributed by atoms with Gasteiger partial charge in [-0.1, -0.05) is 40.9 Å². The Bertz CT molecular complexity index is 500. The number of rotatable bonds is 4. The third-order valence-electron chi connectivity index (χ3n) is 5.13. The third-order valence-corrected chi connectivity index (χ3v) is 5.62. The molecule has 1 saturated heterocycles. The van der Waals surface area contributed by atoms with Gasteiger partial charge >= 0.3 is 0 Å². The molecule has 1 aromatic carbocycles. The van der Waals surface area contributed by atoms with Gasteiger partial charge in [-0.15, -0.1) is 0 Å². The fraction of sp³-hybridized carbons (Fsp3) is 0.611. The van der Waals surface area contributed by atoms with Crippen molar-refractivity contribution in [3.8, 4) is 0 Å². The minimum atomic E-state index is 0.272. The fourth-order valence-electron chi connectivity index (χ4n) is 4.06. The van der Waals surface area contributed by atoms with Gasteiger partial charge in [0.2, 0.25) is 0 Å². The number of likely N-dealkylation sites (tertiary alicyclic amines) is 1. The summed E-state index contributed by atoms with van der Waals surface area (Å²) in [6.07, 6.45) is 8.90. The van der Waals surface area contributed by atoms with Crippen LogP contribution in [0.1, 0.15) is 55.3 Å². The average molecular weight is 350 g/mol. The molecule has 0 N–H and O–H groups in total. The number of Topliss-reactive ketones (excluding diaryl/α,β-unsaturated/α-hetero) is 1. The number of nitrogens with zero attached hydrogens (tertiary/aromatic N) is 1. The molecule has 3 heteroatoms. The van der Waals surface area contributed by atoms with E-state index in [0.29, 0.717) is 6.42 Å². The zero-order valence-corrected chi connectivity index (χ0v) is 14.1. The van der Waals surface area contributed by atoms with E-state index in [1.807, 2.05) is 24.3 Å². The van der Waals surface area contributed by atoms with Crippen LogP contribution in [0.3, 0.4) is 0 Å². The van der Waals surface area contributed by atoms with Crippen LogP contribution in [0, 0.1) is 5.92 Å². The highest BCUT2D eigenvalue weighted by Crippen LogP contribution is 2.35. The molecule has 0 radical (unpaired) electrons. The number of halogens is 1. The number of hydrogen-bond acceptors (Lipinski definition) is 2. The monoisotopic (exact) mass is 349 g/mol. The van der Waals surface area contributed by atoms with Crippen LogP contribution in [0.2, 0.25) is 0 Å². The summed E-state index contributed by atoms with van der Waals surface area (Å²) >= 11 is 3.44. The Kier molecular flexibility index (Phi) is 5.12. The van der Waals surface area contributed by atoms with Gasteiger partial charge < -0.3 is 0 Å². The highest BCUT2D eigenvalue weighted by Gasteiger charge is 2.32. The largest absolute Gasteiger partial charge is 0.300 e. The SMILES string of the molecule is O=C(CCN1CCCC2CCCCC21)c1cccc(Br)c1. The molecule has 21 heavy (non-hydrogen) atoms. The summed E-state index contributed by atoms with van der Waals surface area (Å²) in [5, 5.41) is 0. The van der Waals surface area contributed by atoms with Crippen molar-refractivity contribution in [2.75, 3.05) is 13.1 Å². The van der Waals surface area contributed by atoms with E-state index in [2.05, 4.69) is 20.8 Å². The van der Waals surface area contributed by atoms with Crippen molar-refractivity contribution >= 4 is 21.7 Å². The second kappa shape index (κ2) is 7.06.